The van der Waals surface area contributed by atoms with Gasteiger partial charge in [-0.2, -0.15) is 4.98 Å². The van der Waals surface area contributed by atoms with Crippen molar-refractivity contribution >= 4 is 10.8 Å². The van der Waals surface area contributed by atoms with Crippen LogP contribution in [-0.2, 0) is 6.54 Å². The zero-order valence-corrected chi connectivity index (χ0v) is 10.9. The fourth-order valence-electron chi connectivity index (χ4n) is 2.00. The van der Waals surface area contributed by atoms with Crippen molar-refractivity contribution in [1.82, 2.24) is 20.4 Å². The summed E-state index contributed by atoms with van der Waals surface area (Å²) in [5.41, 5.74) is 0.738. The van der Waals surface area contributed by atoms with Crippen LogP contribution in [0.5, 0.6) is 0 Å². The molecule has 1 aromatic carbocycles. The van der Waals surface area contributed by atoms with Crippen LogP contribution < -0.4 is 5.32 Å². The van der Waals surface area contributed by atoms with Crippen LogP contribution in [0.1, 0.15) is 5.89 Å². The van der Waals surface area contributed by atoms with E-state index in [0.29, 0.717) is 24.8 Å². The van der Waals surface area contributed by atoms with E-state index in [2.05, 4.69) is 27.0 Å². The molecule has 0 aliphatic carbocycles. The summed E-state index contributed by atoms with van der Waals surface area (Å²) in [5.74, 6) is 1.05. The summed E-state index contributed by atoms with van der Waals surface area (Å²) < 4.78 is 5.22. The van der Waals surface area contributed by atoms with Crippen molar-refractivity contribution in [2.24, 2.45) is 0 Å². The maximum absolute atomic E-state index is 5.22. The fraction of sp³-hybridized carbons (Fsp3) is 0.133. The van der Waals surface area contributed by atoms with E-state index in [0.717, 1.165) is 16.5 Å². The summed E-state index contributed by atoms with van der Waals surface area (Å²) in [6, 6.07) is 9.97. The van der Waals surface area contributed by atoms with E-state index in [9.17, 15) is 0 Å². The first-order chi connectivity index (χ1) is 9.88. The molecule has 0 fully saturated rings. The van der Waals surface area contributed by atoms with Crippen LogP contribution in [0.3, 0.4) is 0 Å². The van der Waals surface area contributed by atoms with Gasteiger partial charge in [-0.1, -0.05) is 35.5 Å². The van der Waals surface area contributed by atoms with Gasteiger partial charge in [0.1, 0.15) is 5.69 Å². The Morgan fingerprint density at radius 2 is 2.15 bits per heavy atom. The van der Waals surface area contributed by atoms with Gasteiger partial charge in [-0.3, -0.25) is 4.98 Å². The lowest BCUT2D eigenvalue weighted by Crippen LogP contribution is -2.12. The number of hydrogen-bond donors (Lipinski definition) is 1. The van der Waals surface area contributed by atoms with E-state index >= 15 is 0 Å². The van der Waals surface area contributed by atoms with E-state index in [4.69, 9.17) is 4.52 Å². The van der Waals surface area contributed by atoms with Gasteiger partial charge in [0.2, 0.25) is 11.7 Å². The Balaban J connectivity index is 1.93. The molecular formula is C15H14N4O. The molecule has 0 aliphatic heterocycles. The first-order valence-corrected chi connectivity index (χ1v) is 6.37. The highest BCUT2D eigenvalue weighted by molar-refractivity contribution is 5.92. The molecule has 5 heteroatoms. The topological polar surface area (TPSA) is 63.8 Å². The van der Waals surface area contributed by atoms with Gasteiger partial charge in [-0.25, -0.2) is 0 Å². The molecule has 0 aliphatic rings. The highest BCUT2D eigenvalue weighted by Gasteiger charge is 2.12. The van der Waals surface area contributed by atoms with Gasteiger partial charge in [0.25, 0.3) is 0 Å². The van der Waals surface area contributed by atoms with Crippen LogP contribution in [0.15, 0.2) is 53.7 Å². The maximum atomic E-state index is 5.22. The van der Waals surface area contributed by atoms with E-state index < -0.39 is 0 Å². The lowest BCUT2D eigenvalue weighted by atomic mass is 10.1. The predicted molar refractivity (Wildman–Crippen MR) is 76.9 cm³/mol. The summed E-state index contributed by atoms with van der Waals surface area (Å²) in [6.07, 6.45) is 3.53. The lowest BCUT2D eigenvalue weighted by molar-refractivity contribution is 0.370. The third kappa shape index (κ3) is 2.44. The van der Waals surface area contributed by atoms with E-state index in [-0.39, 0.29) is 0 Å². The summed E-state index contributed by atoms with van der Waals surface area (Å²) in [5, 5.41) is 9.24. The molecule has 3 aromatic rings. The Morgan fingerprint density at radius 3 is 3.05 bits per heavy atom. The molecule has 0 spiro atoms. The Bertz CT molecular complexity index is 730. The summed E-state index contributed by atoms with van der Waals surface area (Å²) in [4.78, 5) is 8.73. The number of rotatable bonds is 5. The molecule has 2 aromatic heterocycles. The predicted octanol–water partition coefficient (Wildman–Crippen LogP) is 2.56. The number of nitrogens with one attached hydrogen (secondary N) is 1. The molecule has 1 N–H and O–H groups in total. The quantitative estimate of drug-likeness (QED) is 0.568. The average molecular weight is 266 g/mol. The van der Waals surface area contributed by atoms with Gasteiger partial charge >= 0.3 is 0 Å². The molecule has 0 bridgehead atoms. The van der Waals surface area contributed by atoms with Crippen molar-refractivity contribution in [2.75, 3.05) is 6.54 Å². The number of fused-ring (bicyclic) bond motifs is 1. The first-order valence-electron chi connectivity index (χ1n) is 6.37. The second-order valence-electron chi connectivity index (χ2n) is 4.31. The highest BCUT2D eigenvalue weighted by atomic mass is 16.5. The van der Waals surface area contributed by atoms with E-state index in [1.807, 2.05) is 30.3 Å². The minimum atomic E-state index is 0.511. The van der Waals surface area contributed by atoms with Crippen LogP contribution in [0.25, 0.3) is 22.3 Å². The zero-order valence-electron chi connectivity index (χ0n) is 10.9. The van der Waals surface area contributed by atoms with Gasteiger partial charge in [0.15, 0.2) is 0 Å². The van der Waals surface area contributed by atoms with Crippen LogP contribution in [0.2, 0.25) is 0 Å². The monoisotopic (exact) mass is 266 g/mol. The van der Waals surface area contributed by atoms with Gasteiger partial charge in [-0.15, -0.1) is 6.58 Å². The summed E-state index contributed by atoms with van der Waals surface area (Å²) in [6.45, 7) is 4.86. The van der Waals surface area contributed by atoms with Crippen LogP contribution >= 0.6 is 0 Å². The molecule has 0 atom stereocenters. The average Bonchev–Trinajstić information content (AvgIpc) is 2.96. The molecule has 0 saturated carbocycles. The Labute approximate surface area is 116 Å². The summed E-state index contributed by atoms with van der Waals surface area (Å²) in [7, 11) is 0. The SMILES string of the molecule is C=CCNCc1nc(-c2nccc3ccccc23)no1. The Hall–Kier alpha value is -2.53. The lowest BCUT2D eigenvalue weighted by Gasteiger charge is -2.00. The number of hydrogen-bond acceptors (Lipinski definition) is 5. The van der Waals surface area contributed by atoms with Gasteiger partial charge < -0.3 is 9.84 Å². The van der Waals surface area contributed by atoms with Crippen molar-refractivity contribution in [1.29, 1.82) is 0 Å². The van der Waals surface area contributed by atoms with Crippen LogP contribution in [-0.4, -0.2) is 21.7 Å². The molecule has 0 saturated heterocycles. The molecule has 5 nitrogen and oxygen atoms in total. The van der Waals surface area contributed by atoms with E-state index in [1.54, 1.807) is 12.3 Å². The van der Waals surface area contributed by atoms with Crippen molar-refractivity contribution in [3.05, 3.63) is 55.1 Å². The van der Waals surface area contributed by atoms with Crippen molar-refractivity contribution in [3.8, 4) is 11.5 Å². The molecule has 100 valence electrons. The third-order valence-corrected chi connectivity index (χ3v) is 2.92. The van der Waals surface area contributed by atoms with Gasteiger partial charge in [0.05, 0.1) is 6.54 Å². The Morgan fingerprint density at radius 1 is 1.25 bits per heavy atom. The largest absolute Gasteiger partial charge is 0.337 e. The number of pyridine rings is 1. The number of nitrogens with zero attached hydrogens (tertiary/aromatic N) is 3. The first kappa shape index (κ1) is 12.5. The van der Waals surface area contributed by atoms with Crippen LogP contribution in [0, 0.1) is 0 Å². The molecule has 0 unspecified atom stereocenters. The second kappa shape index (κ2) is 5.63. The number of benzene rings is 1. The second-order valence-corrected chi connectivity index (χ2v) is 4.31. The van der Waals surface area contributed by atoms with Crippen molar-refractivity contribution in [2.45, 2.75) is 6.54 Å². The van der Waals surface area contributed by atoms with Gasteiger partial charge in [-0.05, 0) is 11.5 Å². The third-order valence-electron chi connectivity index (χ3n) is 2.92. The molecule has 20 heavy (non-hydrogen) atoms. The van der Waals surface area contributed by atoms with Gasteiger partial charge in [0, 0.05) is 18.1 Å². The molecular weight excluding hydrogens is 252 g/mol. The highest BCUT2D eigenvalue weighted by Crippen LogP contribution is 2.23. The standard InChI is InChI=1S/C15H14N4O/c1-2-8-16-10-13-18-15(19-20-13)14-12-6-4-3-5-11(12)7-9-17-14/h2-7,9,16H,1,8,10H2. The van der Waals surface area contributed by atoms with Crippen molar-refractivity contribution < 1.29 is 4.52 Å². The fourth-order valence-corrected chi connectivity index (χ4v) is 2.00. The Kier molecular flexibility index (Phi) is 3.52. The molecule has 3 rings (SSSR count). The summed E-state index contributed by atoms with van der Waals surface area (Å²) >= 11 is 0. The smallest absolute Gasteiger partial charge is 0.240 e. The molecule has 0 radical (unpaired) electrons. The minimum Gasteiger partial charge on any atom is -0.337 e. The number of aromatic nitrogens is 3. The zero-order chi connectivity index (χ0) is 13.8. The van der Waals surface area contributed by atoms with E-state index in [1.165, 1.54) is 0 Å². The molecule has 0 amide bonds. The van der Waals surface area contributed by atoms with Crippen molar-refractivity contribution in [3.63, 3.8) is 0 Å². The molecule has 2 heterocycles. The maximum Gasteiger partial charge on any atom is 0.240 e. The van der Waals surface area contributed by atoms with Crippen LogP contribution in [0.4, 0.5) is 0 Å². The normalized spacial score (nSPS) is 10.8. The minimum absolute atomic E-state index is 0.511.